The van der Waals surface area contributed by atoms with E-state index in [0.29, 0.717) is 0 Å². The summed E-state index contributed by atoms with van der Waals surface area (Å²) in [5.41, 5.74) is 5.27. The minimum absolute atomic E-state index is 0. The van der Waals surface area contributed by atoms with E-state index in [-0.39, 0.29) is 94.9 Å². The van der Waals surface area contributed by atoms with Crippen LogP contribution in [0.5, 0.6) is 0 Å². The molecule has 0 bridgehead atoms. The molecular weight excluding hydrogens is 159 g/mol. The zero-order valence-corrected chi connectivity index (χ0v) is 12.9. The Bertz CT molecular complexity index is 115. The minimum atomic E-state index is -0.231. The molecule has 0 spiro atoms. The molecule has 1 heterocycles. The van der Waals surface area contributed by atoms with Crippen molar-refractivity contribution in [2.75, 3.05) is 0 Å². The molecule has 2 N–H and O–H groups in total. The summed E-state index contributed by atoms with van der Waals surface area (Å²) in [6.07, 6.45) is 6.77. The van der Waals surface area contributed by atoms with Gasteiger partial charge in [-0.2, -0.15) is 0 Å². The van der Waals surface area contributed by atoms with E-state index in [9.17, 15) is 0 Å². The SMILES string of the molecule is NC1C=CC=CO1.[Na].[Na].[Na]. The average Bonchev–Trinajstić information content (AvgIpc) is 1.69. The monoisotopic (exact) mass is 166 g/mol. The zero-order valence-electron chi connectivity index (χ0n) is 6.87. The van der Waals surface area contributed by atoms with E-state index in [1.54, 1.807) is 18.4 Å². The second-order valence-electron chi connectivity index (χ2n) is 1.31. The molecule has 10 heavy (non-hydrogen) atoms. The fourth-order valence-electron chi connectivity index (χ4n) is 0.400. The third-order valence-corrected chi connectivity index (χ3v) is 0.726. The number of rotatable bonds is 0. The third kappa shape index (κ3) is 8.34. The van der Waals surface area contributed by atoms with Crippen molar-refractivity contribution in [3.8, 4) is 0 Å². The second kappa shape index (κ2) is 11.2. The first-order chi connectivity index (χ1) is 3.39. The van der Waals surface area contributed by atoms with Crippen molar-refractivity contribution in [3.63, 3.8) is 0 Å². The summed E-state index contributed by atoms with van der Waals surface area (Å²) in [4.78, 5) is 0. The van der Waals surface area contributed by atoms with Gasteiger partial charge in [0.1, 0.15) is 0 Å². The Morgan fingerprint density at radius 2 is 1.70 bits per heavy atom. The smallest absolute Gasteiger partial charge is 0.166 e. The quantitative estimate of drug-likeness (QED) is 0.479. The third-order valence-electron chi connectivity index (χ3n) is 0.726. The van der Waals surface area contributed by atoms with Crippen molar-refractivity contribution in [2.24, 2.45) is 5.73 Å². The molecule has 1 atom stereocenters. The predicted octanol–water partition coefficient (Wildman–Crippen LogP) is -0.771. The summed E-state index contributed by atoms with van der Waals surface area (Å²) in [7, 11) is 0. The van der Waals surface area contributed by atoms with Crippen molar-refractivity contribution in [1.82, 2.24) is 0 Å². The van der Waals surface area contributed by atoms with Crippen LogP contribution in [0, 0.1) is 0 Å². The molecule has 0 fully saturated rings. The van der Waals surface area contributed by atoms with Gasteiger partial charge in [-0.25, -0.2) is 0 Å². The van der Waals surface area contributed by atoms with Crippen LogP contribution < -0.4 is 5.73 Å². The van der Waals surface area contributed by atoms with E-state index in [1.165, 1.54) is 0 Å². The van der Waals surface area contributed by atoms with Crippen LogP contribution in [0.1, 0.15) is 0 Å². The molecule has 1 rings (SSSR count). The molecule has 5 heteroatoms. The van der Waals surface area contributed by atoms with E-state index in [2.05, 4.69) is 0 Å². The van der Waals surface area contributed by atoms with Gasteiger partial charge >= 0.3 is 0 Å². The molecule has 1 aliphatic heterocycles. The number of nitrogens with two attached hydrogens (primary N) is 1. The van der Waals surface area contributed by atoms with E-state index in [0.717, 1.165) is 0 Å². The van der Waals surface area contributed by atoms with E-state index in [4.69, 9.17) is 10.5 Å². The van der Waals surface area contributed by atoms with Gasteiger partial charge in [-0.3, -0.25) is 5.73 Å². The number of hydrogen-bond acceptors (Lipinski definition) is 2. The summed E-state index contributed by atoms with van der Waals surface area (Å²) < 4.78 is 4.79. The molecular formula is C5H7NNa3O. The Labute approximate surface area is 128 Å². The first-order valence-electron chi connectivity index (χ1n) is 2.14. The van der Waals surface area contributed by atoms with E-state index >= 15 is 0 Å². The van der Waals surface area contributed by atoms with Gasteiger partial charge in [0, 0.05) is 88.7 Å². The van der Waals surface area contributed by atoms with Crippen molar-refractivity contribution in [3.05, 3.63) is 24.5 Å². The summed E-state index contributed by atoms with van der Waals surface area (Å²) in [6, 6.07) is 0. The van der Waals surface area contributed by atoms with Gasteiger partial charge in [0.25, 0.3) is 0 Å². The van der Waals surface area contributed by atoms with Crippen LogP contribution >= 0.6 is 0 Å². The summed E-state index contributed by atoms with van der Waals surface area (Å²) >= 11 is 0. The Morgan fingerprint density at radius 3 is 1.90 bits per heavy atom. The Hall–Kier alpha value is 2.24. The molecule has 0 aromatic heterocycles. The second-order valence-corrected chi connectivity index (χ2v) is 1.31. The fraction of sp³-hybridized carbons (Fsp3) is 0.200. The standard InChI is InChI=1S/C5H7NO.3Na/c6-5-3-1-2-4-7-5;;;/h1-5H,6H2;;;. The number of hydrogen-bond donors (Lipinski definition) is 1. The van der Waals surface area contributed by atoms with Crippen molar-refractivity contribution in [1.29, 1.82) is 0 Å². The minimum Gasteiger partial charge on any atom is -0.480 e. The molecule has 2 nitrogen and oxygen atoms in total. The first kappa shape index (κ1) is 18.1. The molecule has 0 saturated heterocycles. The molecule has 0 saturated carbocycles. The van der Waals surface area contributed by atoms with Crippen molar-refractivity contribution >= 4 is 88.7 Å². The van der Waals surface area contributed by atoms with Crippen LogP contribution in [0.15, 0.2) is 24.5 Å². The van der Waals surface area contributed by atoms with Gasteiger partial charge in [0.15, 0.2) is 6.23 Å². The molecule has 0 aromatic carbocycles. The molecule has 1 unspecified atom stereocenters. The van der Waals surface area contributed by atoms with Gasteiger partial charge in [0.2, 0.25) is 0 Å². The maximum atomic E-state index is 5.27. The largest absolute Gasteiger partial charge is 0.480 e. The average molecular weight is 166 g/mol. The summed E-state index contributed by atoms with van der Waals surface area (Å²) in [5, 5.41) is 0. The van der Waals surface area contributed by atoms with E-state index in [1.807, 2.05) is 6.08 Å². The van der Waals surface area contributed by atoms with Gasteiger partial charge in [-0.05, 0) is 12.2 Å². The number of ether oxygens (including phenoxy) is 1. The van der Waals surface area contributed by atoms with E-state index < -0.39 is 0 Å². The fourth-order valence-corrected chi connectivity index (χ4v) is 0.400. The Kier molecular flexibility index (Phi) is 20.4. The topological polar surface area (TPSA) is 35.2 Å². The van der Waals surface area contributed by atoms with Crippen molar-refractivity contribution < 1.29 is 4.74 Å². The summed E-state index contributed by atoms with van der Waals surface area (Å²) in [6.45, 7) is 0. The normalized spacial score (nSPS) is 19.1. The van der Waals surface area contributed by atoms with Crippen LogP contribution in [0.4, 0.5) is 0 Å². The molecule has 0 aliphatic carbocycles. The van der Waals surface area contributed by atoms with Crippen LogP contribution in [0.3, 0.4) is 0 Å². The van der Waals surface area contributed by atoms with Crippen LogP contribution in [-0.4, -0.2) is 94.9 Å². The molecule has 0 aromatic rings. The number of allylic oxidation sites excluding steroid dienone is 2. The maximum absolute atomic E-state index is 5.27. The van der Waals surface area contributed by atoms with Gasteiger partial charge < -0.3 is 4.74 Å². The molecule has 3 radical (unpaired) electrons. The predicted molar refractivity (Wildman–Crippen MR) is 44.6 cm³/mol. The molecule has 1 aliphatic rings. The van der Waals surface area contributed by atoms with Gasteiger partial charge in [-0.1, -0.05) is 6.08 Å². The van der Waals surface area contributed by atoms with Crippen molar-refractivity contribution in [2.45, 2.75) is 6.23 Å². The first-order valence-corrected chi connectivity index (χ1v) is 2.14. The molecule has 0 amide bonds. The maximum Gasteiger partial charge on any atom is 0.166 e. The molecule has 41 valence electrons. The van der Waals surface area contributed by atoms with Crippen LogP contribution in [-0.2, 0) is 4.74 Å². The Morgan fingerprint density at radius 1 is 1.10 bits per heavy atom. The van der Waals surface area contributed by atoms with Gasteiger partial charge in [0.05, 0.1) is 6.26 Å². The zero-order chi connectivity index (χ0) is 5.11. The van der Waals surface area contributed by atoms with Gasteiger partial charge in [-0.15, -0.1) is 0 Å². The summed E-state index contributed by atoms with van der Waals surface area (Å²) in [5.74, 6) is 0. The van der Waals surface area contributed by atoms with Crippen LogP contribution in [0.25, 0.3) is 0 Å². The van der Waals surface area contributed by atoms with Crippen LogP contribution in [0.2, 0.25) is 0 Å². The Balaban J connectivity index is -0.000000163.